The van der Waals surface area contributed by atoms with Crippen molar-refractivity contribution in [3.8, 4) is 5.75 Å². The molecule has 0 radical (unpaired) electrons. The monoisotopic (exact) mass is 363 g/mol. The third kappa shape index (κ3) is 3.46. The Kier molecular flexibility index (Phi) is 4.91. The van der Waals surface area contributed by atoms with Crippen LogP contribution in [0.1, 0.15) is 19.2 Å². The Hall–Kier alpha value is -2.26. The number of aromatic nitrogens is 4. The number of aromatic amines is 1. The van der Waals surface area contributed by atoms with Crippen LogP contribution in [-0.4, -0.2) is 32.8 Å². The van der Waals surface area contributed by atoms with Crippen molar-refractivity contribution < 1.29 is 9.53 Å². The quantitative estimate of drug-likeness (QED) is 0.657. The number of aryl methyl sites for hydroxylation is 1. The average Bonchev–Trinajstić information content (AvgIpc) is 3.11. The zero-order valence-corrected chi connectivity index (χ0v) is 15.0. The molecule has 3 rings (SSSR count). The van der Waals surface area contributed by atoms with E-state index in [4.69, 9.17) is 17.0 Å². The first-order valence-electron chi connectivity index (χ1n) is 7.49. The molecule has 0 aliphatic rings. The van der Waals surface area contributed by atoms with Crippen LogP contribution in [-0.2, 0) is 17.8 Å². The van der Waals surface area contributed by atoms with Crippen molar-refractivity contribution in [3.05, 3.63) is 28.8 Å². The predicted octanol–water partition coefficient (Wildman–Crippen LogP) is 3.15. The van der Waals surface area contributed by atoms with Crippen LogP contribution in [0.4, 0.5) is 5.13 Å². The molecule has 0 fully saturated rings. The van der Waals surface area contributed by atoms with E-state index in [1.54, 1.807) is 11.7 Å². The van der Waals surface area contributed by atoms with Gasteiger partial charge in [-0.25, -0.2) is 4.98 Å². The molecule has 3 aromatic rings. The maximum Gasteiger partial charge on any atom is 0.246 e. The first-order valence-corrected chi connectivity index (χ1v) is 8.71. The second-order valence-electron chi connectivity index (χ2n) is 5.18. The van der Waals surface area contributed by atoms with Gasteiger partial charge in [0.1, 0.15) is 18.1 Å². The number of nitrogens with zero attached hydrogens (tertiary/aromatic N) is 3. The molecule has 0 saturated heterocycles. The molecular weight excluding hydrogens is 346 g/mol. The Morgan fingerprint density at radius 3 is 3.08 bits per heavy atom. The van der Waals surface area contributed by atoms with E-state index >= 15 is 0 Å². The summed E-state index contributed by atoms with van der Waals surface area (Å²) >= 11 is 6.59. The van der Waals surface area contributed by atoms with Crippen molar-refractivity contribution in [2.24, 2.45) is 0 Å². The van der Waals surface area contributed by atoms with Crippen LogP contribution in [0, 0.1) is 4.77 Å². The number of thiazole rings is 1. The summed E-state index contributed by atoms with van der Waals surface area (Å²) in [5, 5.41) is 10.3. The number of hydrogen-bond donors (Lipinski definition) is 2. The molecule has 24 heavy (non-hydrogen) atoms. The second kappa shape index (κ2) is 7.10. The SMILES string of the molecule is CCCc1n[nH]c(=S)n1CC(=O)Nc1nc2ccc(OC)cc2s1. The van der Waals surface area contributed by atoms with E-state index in [9.17, 15) is 4.79 Å². The third-order valence-electron chi connectivity index (χ3n) is 3.45. The fourth-order valence-electron chi connectivity index (χ4n) is 2.32. The van der Waals surface area contributed by atoms with E-state index in [1.165, 1.54) is 11.3 Å². The molecule has 1 aromatic carbocycles. The summed E-state index contributed by atoms with van der Waals surface area (Å²) in [5.74, 6) is 1.36. The highest BCUT2D eigenvalue weighted by molar-refractivity contribution is 7.71. The smallest absolute Gasteiger partial charge is 0.246 e. The van der Waals surface area contributed by atoms with Crippen molar-refractivity contribution in [2.75, 3.05) is 12.4 Å². The van der Waals surface area contributed by atoms with Crippen molar-refractivity contribution >= 4 is 44.8 Å². The number of ether oxygens (including phenoxy) is 1. The number of H-pyrrole nitrogens is 1. The van der Waals surface area contributed by atoms with Crippen molar-refractivity contribution in [1.82, 2.24) is 19.7 Å². The van der Waals surface area contributed by atoms with Gasteiger partial charge in [0.05, 0.1) is 17.3 Å². The van der Waals surface area contributed by atoms with Gasteiger partial charge in [0.25, 0.3) is 0 Å². The number of amides is 1. The molecule has 9 heteroatoms. The van der Waals surface area contributed by atoms with E-state index in [1.807, 2.05) is 18.2 Å². The predicted molar refractivity (Wildman–Crippen MR) is 96.2 cm³/mol. The molecule has 0 unspecified atom stereocenters. The maximum atomic E-state index is 12.3. The van der Waals surface area contributed by atoms with Crippen LogP contribution in [0.3, 0.4) is 0 Å². The summed E-state index contributed by atoms with van der Waals surface area (Å²) in [6.07, 6.45) is 1.70. The highest BCUT2D eigenvalue weighted by Crippen LogP contribution is 2.29. The lowest BCUT2D eigenvalue weighted by Gasteiger charge is -2.05. The number of anilines is 1. The first kappa shape index (κ1) is 16.6. The maximum absolute atomic E-state index is 12.3. The van der Waals surface area contributed by atoms with Gasteiger partial charge in [-0.3, -0.25) is 14.5 Å². The van der Waals surface area contributed by atoms with Gasteiger partial charge >= 0.3 is 0 Å². The van der Waals surface area contributed by atoms with Crippen LogP contribution in [0.15, 0.2) is 18.2 Å². The number of carbonyl (C=O) groups excluding carboxylic acids is 1. The topological polar surface area (TPSA) is 84.8 Å². The molecule has 0 bridgehead atoms. The van der Waals surface area contributed by atoms with Gasteiger partial charge < -0.3 is 10.1 Å². The molecule has 0 aliphatic carbocycles. The summed E-state index contributed by atoms with van der Waals surface area (Å²) in [6.45, 7) is 2.17. The van der Waals surface area contributed by atoms with E-state index in [0.29, 0.717) is 9.90 Å². The summed E-state index contributed by atoms with van der Waals surface area (Å²) < 4.78 is 8.31. The van der Waals surface area contributed by atoms with Gasteiger partial charge in [0.2, 0.25) is 5.91 Å². The molecular formula is C15H17N5O2S2. The summed E-state index contributed by atoms with van der Waals surface area (Å²) in [5.41, 5.74) is 0.822. The highest BCUT2D eigenvalue weighted by Gasteiger charge is 2.12. The van der Waals surface area contributed by atoms with Gasteiger partial charge in [-0.05, 0) is 36.8 Å². The molecule has 0 saturated carbocycles. The lowest BCUT2D eigenvalue weighted by atomic mass is 10.3. The van der Waals surface area contributed by atoms with Crippen molar-refractivity contribution in [2.45, 2.75) is 26.3 Å². The van der Waals surface area contributed by atoms with E-state index in [2.05, 4.69) is 27.4 Å². The zero-order valence-electron chi connectivity index (χ0n) is 13.3. The Morgan fingerprint density at radius 2 is 2.33 bits per heavy atom. The molecule has 0 atom stereocenters. The molecule has 2 heterocycles. The Labute approximate surface area is 147 Å². The molecule has 7 nitrogen and oxygen atoms in total. The molecule has 2 aromatic heterocycles. The first-order chi connectivity index (χ1) is 11.6. The number of methoxy groups -OCH3 is 1. The number of hydrogen-bond acceptors (Lipinski definition) is 6. The fourth-order valence-corrected chi connectivity index (χ4v) is 3.44. The minimum atomic E-state index is -0.184. The molecule has 126 valence electrons. The van der Waals surface area contributed by atoms with Crippen LogP contribution in [0.2, 0.25) is 0 Å². The number of fused-ring (bicyclic) bond motifs is 1. The molecule has 0 spiro atoms. The molecule has 2 N–H and O–H groups in total. The highest BCUT2D eigenvalue weighted by atomic mass is 32.1. The van der Waals surface area contributed by atoms with E-state index in [0.717, 1.165) is 34.6 Å². The van der Waals surface area contributed by atoms with Crippen LogP contribution in [0.25, 0.3) is 10.2 Å². The minimum absolute atomic E-state index is 0.115. The van der Waals surface area contributed by atoms with Gasteiger partial charge in [0, 0.05) is 6.42 Å². The van der Waals surface area contributed by atoms with Crippen molar-refractivity contribution in [1.29, 1.82) is 0 Å². The lowest BCUT2D eigenvalue weighted by Crippen LogP contribution is -2.20. The zero-order chi connectivity index (χ0) is 17.1. The van der Waals surface area contributed by atoms with Crippen LogP contribution in [0.5, 0.6) is 5.75 Å². The largest absolute Gasteiger partial charge is 0.497 e. The Bertz CT molecular complexity index is 927. The third-order valence-corrected chi connectivity index (χ3v) is 4.70. The van der Waals surface area contributed by atoms with Gasteiger partial charge in [0.15, 0.2) is 9.90 Å². The van der Waals surface area contributed by atoms with Gasteiger partial charge in [-0.2, -0.15) is 5.10 Å². The number of nitrogens with one attached hydrogen (secondary N) is 2. The number of benzene rings is 1. The van der Waals surface area contributed by atoms with Crippen LogP contribution >= 0.6 is 23.6 Å². The molecule has 1 amide bonds. The summed E-state index contributed by atoms with van der Waals surface area (Å²) in [4.78, 5) is 16.7. The van der Waals surface area contributed by atoms with Gasteiger partial charge in [-0.1, -0.05) is 18.3 Å². The van der Waals surface area contributed by atoms with Gasteiger partial charge in [-0.15, -0.1) is 0 Å². The molecule has 0 aliphatic heterocycles. The van der Waals surface area contributed by atoms with Crippen LogP contribution < -0.4 is 10.1 Å². The van der Waals surface area contributed by atoms with E-state index < -0.39 is 0 Å². The summed E-state index contributed by atoms with van der Waals surface area (Å²) in [6, 6.07) is 5.61. The second-order valence-corrected chi connectivity index (χ2v) is 6.60. The van der Waals surface area contributed by atoms with E-state index in [-0.39, 0.29) is 12.5 Å². The normalized spacial score (nSPS) is 10.9. The Morgan fingerprint density at radius 1 is 1.50 bits per heavy atom. The lowest BCUT2D eigenvalue weighted by molar-refractivity contribution is -0.116. The van der Waals surface area contributed by atoms with Crippen molar-refractivity contribution in [3.63, 3.8) is 0 Å². The number of rotatable bonds is 6. The summed E-state index contributed by atoms with van der Waals surface area (Å²) in [7, 11) is 1.62. The minimum Gasteiger partial charge on any atom is -0.497 e. The fraction of sp³-hybridized carbons (Fsp3) is 0.333. The number of carbonyl (C=O) groups is 1. The Balaban J connectivity index is 1.75. The standard InChI is InChI=1S/C15H17N5O2S2/c1-3-4-12-18-19-15(23)20(12)8-13(21)17-14-16-10-6-5-9(22-2)7-11(10)24-14/h5-7H,3-4,8H2,1-2H3,(H,19,23)(H,16,17,21). The average molecular weight is 363 g/mol.